The van der Waals surface area contributed by atoms with Crippen LogP contribution in [0, 0.1) is 0 Å². The molecule has 0 saturated heterocycles. The summed E-state index contributed by atoms with van der Waals surface area (Å²) >= 11 is 6.02. The maximum Gasteiger partial charge on any atom is 0.320 e. The van der Waals surface area contributed by atoms with Crippen molar-refractivity contribution in [3.8, 4) is 11.4 Å². The summed E-state index contributed by atoms with van der Waals surface area (Å²) in [7, 11) is 0. The third-order valence-corrected chi connectivity index (χ3v) is 2.84. The van der Waals surface area contributed by atoms with Gasteiger partial charge in [0, 0.05) is 5.56 Å². The quantitative estimate of drug-likeness (QED) is 0.871. The van der Waals surface area contributed by atoms with E-state index in [0.717, 1.165) is 0 Å². The lowest BCUT2D eigenvalue weighted by Crippen LogP contribution is -2.33. The SMILES string of the molecule is C[C@@H](NCc1nc(-c2ccccc2Cl)no1)C(=O)O. The largest absolute Gasteiger partial charge is 0.480 e. The molecule has 2 rings (SSSR count). The average molecular weight is 282 g/mol. The van der Waals surface area contributed by atoms with Gasteiger partial charge in [0.1, 0.15) is 6.04 Å². The van der Waals surface area contributed by atoms with E-state index in [1.54, 1.807) is 12.1 Å². The maximum atomic E-state index is 10.6. The van der Waals surface area contributed by atoms with Crippen molar-refractivity contribution >= 4 is 17.6 Å². The molecular formula is C12H12ClN3O3. The van der Waals surface area contributed by atoms with Crippen LogP contribution in [0.25, 0.3) is 11.4 Å². The van der Waals surface area contributed by atoms with Crippen LogP contribution in [0.4, 0.5) is 0 Å². The lowest BCUT2D eigenvalue weighted by atomic mass is 10.2. The second-order valence-electron chi connectivity index (χ2n) is 3.93. The van der Waals surface area contributed by atoms with E-state index in [1.165, 1.54) is 6.92 Å². The second-order valence-corrected chi connectivity index (χ2v) is 4.34. The Morgan fingerprint density at radius 3 is 2.95 bits per heavy atom. The molecule has 6 nitrogen and oxygen atoms in total. The summed E-state index contributed by atoms with van der Waals surface area (Å²) in [4.78, 5) is 14.8. The average Bonchev–Trinajstić information content (AvgIpc) is 2.85. The molecular weight excluding hydrogens is 270 g/mol. The van der Waals surface area contributed by atoms with Crippen LogP contribution in [-0.2, 0) is 11.3 Å². The van der Waals surface area contributed by atoms with E-state index < -0.39 is 12.0 Å². The fraction of sp³-hybridized carbons (Fsp3) is 0.250. The smallest absolute Gasteiger partial charge is 0.320 e. The predicted molar refractivity (Wildman–Crippen MR) is 68.7 cm³/mol. The molecule has 0 saturated carbocycles. The molecule has 0 aliphatic heterocycles. The van der Waals surface area contributed by atoms with Gasteiger partial charge in [-0.05, 0) is 19.1 Å². The van der Waals surface area contributed by atoms with E-state index in [9.17, 15) is 4.79 Å². The van der Waals surface area contributed by atoms with Crippen LogP contribution < -0.4 is 5.32 Å². The molecule has 0 spiro atoms. The molecule has 0 radical (unpaired) electrons. The predicted octanol–water partition coefficient (Wildman–Crippen LogP) is 1.95. The minimum atomic E-state index is -0.939. The Balaban J connectivity index is 2.08. The van der Waals surface area contributed by atoms with Crippen LogP contribution in [0.2, 0.25) is 5.02 Å². The number of carboxylic acids is 1. The molecule has 1 atom stereocenters. The summed E-state index contributed by atoms with van der Waals surface area (Å²) in [5, 5.41) is 15.8. The van der Waals surface area contributed by atoms with Crippen LogP contribution >= 0.6 is 11.6 Å². The van der Waals surface area contributed by atoms with Crippen LogP contribution in [0.5, 0.6) is 0 Å². The molecule has 1 aromatic carbocycles. The molecule has 0 amide bonds. The summed E-state index contributed by atoms with van der Waals surface area (Å²) in [5.41, 5.74) is 0.672. The normalized spacial score (nSPS) is 12.3. The summed E-state index contributed by atoms with van der Waals surface area (Å²) < 4.78 is 5.03. The Kier molecular flexibility index (Phi) is 4.13. The molecule has 2 aromatic rings. The molecule has 1 aromatic heterocycles. The Morgan fingerprint density at radius 2 is 2.26 bits per heavy atom. The van der Waals surface area contributed by atoms with Crippen LogP contribution in [0.3, 0.4) is 0 Å². The molecule has 0 unspecified atom stereocenters. The van der Waals surface area contributed by atoms with Crippen molar-refractivity contribution in [2.24, 2.45) is 0 Å². The summed E-state index contributed by atoms with van der Waals surface area (Å²) in [6.07, 6.45) is 0. The number of halogens is 1. The standard InChI is InChI=1S/C12H12ClN3O3/c1-7(12(17)18)14-6-10-15-11(16-19-10)8-4-2-3-5-9(8)13/h2-5,7,14H,6H2,1H3,(H,17,18)/t7-/m1/s1. The fourth-order valence-electron chi connectivity index (χ4n) is 1.41. The second kappa shape index (κ2) is 5.81. The summed E-state index contributed by atoms with van der Waals surface area (Å²) in [5.74, 6) is -0.251. The molecule has 0 fully saturated rings. The molecule has 19 heavy (non-hydrogen) atoms. The number of rotatable bonds is 5. The van der Waals surface area contributed by atoms with E-state index in [2.05, 4.69) is 15.5 Å². The van der Waals surface area contributed by atoms with Crippen molar-refractivity contribution < 1.29 is 14.4 Å². The minimum absolute atomic E-state index is 0.185. The zero-order valence-electron chi connectivity index (χ0n) is 10.1. The highest BCUT2D eigenvalue weighted by Gasteiger charge is 2.14. The van der Waals surface area contributed by atoms with Gasteiger partial charge in [0.2, 0.25) is 11.7 Å². The fourth-order valence-corrected chi connectivity index (χ4v) is 1.63. The van der Waals surface area contributed by atoms with E-state index >= 15 is 0 Å². The Labute approximate surface area is 114 Å². The van der Waals surface area contributed by atoms with E-state index in [-0.39, 0.29) is 6.54 Å². The topological polar surface area (TPSA) is 88.3 Å². The number of nitrogens with zero attached hydrogens (tertiary/aromatic N) is 2. The highest BCUT2D eigenvalue weighted by atomic mass is 35.5. The molecule has 7 heteroatoms. The van der Waals surface area contributed by atoms with Crippen LogP contribution in [0.1, 0.15) is 12.8 Å². The van der Waals surface area contributed by atoms with Crippen molar-refractivity contribution in [2.45, 2.75) is 19.5 Å². The zero-order chi connectivity index (χ0) is 13.8. The number of carbonyl (C=O) groups is 1. The first-order chi connectivity index (χ1) is 9.08. The Hall–Kier alpha value is -1.92. The van der Waals surface area contributed by atoms with Gasteiger partial charge in [0.05, 0.1) is 11.6 Å². The summed E-state index contributed by atoms with van der Waals surface area (Å²) in [6.45, 7) is 1.72. The van der Waals surface area contributed by atoms with Gasteiger partial charge < -0.3 is 9.63 Å². The first-order valence-electron chi connectivity index (χ1n) is 5.61. The van der Waals surface area contributed by atoms with Gasteiger partial charge in [-0.2, -0.15) is 4.98 Å². The Bertz CT molecular complexity index is 585. The number of carboxylic acid groups (broad SMARTS) is 1. The maximum absolute atomic E-state index is 10.6. The van der Waals surface area contributed by atoms with Crippen molar-refractivity contribution in [3.63, 3.8) is 0 Å². The van der Waals surface area contributed by atoms with Crippen molar-refractivity contribution in [1.29, 1.82) is 0 Å². The molecule has 0 aliphatic carbocycles. The monoisotopic (exact) mass is 281 g/mol. The lowest BCUT2D eigenvalue weighted by Gasteiger charge is -2.05. The van der Waals surface area contributed by atoms with Crippen molar-refractivity contribution in [3.05, 3.63) is 35.2 Å². The molecule has 0 bridgehead atoms. The highest BCUT2D eigenvalue weighted by molar-refractivity contribution is 6.33. The number of nitrogens with one attached hydrogen (secondary N) is 1. The minimum Gasteiger partial charge on any atom is -0.480 e. The van der Waals surface area contributed by atoms with E-state index in [1.807, 2.05) is 12.1 Å². The van der Waals surface area contributed by atoms with Gasteiger partial charge in [0.25, 0.3) is 0 Å². The molecule has 0 aliphatic rings. The molecule has 1 heterocycles. The van der Waals surface area contributed by atoms with Gasteiger partial charge in [-0.25, -0.2) is 0 Å². The summed E-state index contributed by atoms with van der Waals surface area (Å²) in [6, 6.07) is 6.46. The number of hydrogen-bond donors (Lipinski definition) is 2. The van der Waals surface area contributed by atoms with Crippen LogP contribution in [-0.4, -0.2) is 27.3 Å². The number of aromatic nitrogens is 2. The molecule has 2 N–H and O–H groups in total. The number of hydrogen-bond acceptors (Lipinski definition) is 5. The third kappa shape index (κ3) is 3.30. The first kappa shape index (κ1) is 13.5. The van der Waals surface area contributed by atoms with Crippen molar-refractivity contribution in [1.82, 2.24) is 15.5 Å². The van der Waals surface area contributed by atoms with E-state index in [4.69, 9.17) is 21.2 Å². The van der Waals surface area contributed by atoms with Crippen LogP contribution in [0.15, 0.2) is 28.8 Å². The van der Waals surface area contributed by atoms with Gasteiger partial charge in [0.15, 0.2) is 0 Å². The van der Waals surface area contributed by atoms with Crippen molar-refractivity contribution in [2.75, 3.05) is 0 Å². The van der Waals surface area contributed by atoms with Gasteiger partial charge in [-0.1, -0.05) is 28.9 Å². The number of aliphatic carboxylic acids is 1. The number of benzene rings is 1. The van der Waals surface area contributed by atoms with Gasteiger partial charge in [-0.15, -0.1) is 0 Å². The highest BCUT2D eigenvalue weighted by Crippen LogP contribution is 2.24. The zero-order valence-corrected chi connectivity index (χ0v) is 10.9. The van der Waals surface area contributed by atoms with E-state index in [0.29, 0.717) is 22.3 Å². The third-order valence-electron chi connectivity index (χ3n) is 2.51. The van der Waals surface area contributed by atoms with Gasteiger partial charge in [-0.3, -0.25) is 10.1 Å². The van der Waals surface area contributed by atoms with Gasteiger partial charge >= 0.3 is 5.97 Å². The lowest BCUT2D eigenvalue weighted by molar-refractivity contribution is -0.139. The molecule has 100 valence electrons. The first-order valence-corrected chi connectivity index (χ1v) is 5.99. The Morgan fingerprint density at radius 1 is 1.53 bits per heavy atom.